The summed E-state index contributed by atoms with van der Waals surface area (Å²) in [6.07, 6.45) is 21.4. The molecule has 0 radical (unpaired) electrons. The summed E-state index contributed by atoms with van der Waals surface area (Å²) in [4.78, 5) is 21.6. The van der Waals surface area contributed by atoms with Gasteiger partial charge >= 0.3 is 11.9 Å². The lowest BCUT2D eigenvalue weighted by molar-refractivity contribution is -0.133. The van der Waals surface area contributed by atoms with Gasteiger partial charge in [-0.05, 0) is 38.5 Å². The van der Waals surface area contributed by atoms with Gasteiger partial charge in [0, 0.05) is 11.1 Å². The van der Waals surface area contributed by atoms with E-state index in [1.807, 2.05) is 12.2 Å². The molecule has 0 spiro atoms. The van der Waals surface area contributed by atoms with Crippen LogP contribution < -0.4 is 0 Å². The van der Waals surface area contributed by atoms with Crippen LogP contribution >= 0.6 is 0 Å². The topological polar surface area (TPSA) is 74.6 Å². The minimum Gasteiger partial charge on any atom is -0.478 e. The molecule has 2 N–H and O–H groups in total. The van der Waals surface area contributed by atoms with E-state index < -0.39 is 11.9 Å². The van der Waals surface area contributed by atoms with Crippen molar-refractivity contribution in [3.05, 3.63) is 23.3 Å². The zero-order chi connectivity index (χ0) is 22.8. The Morgan fingerprint density at radius 1 is 0.567 bits per heavy atom. The van der Waals surface area contributed by atoms with Crippen LogP contribution in [0.2, 0.25) is 0 Å². The fraction of sp³-hybridized carbons (Fsp3) is 0.769. The largest absolute Gasteiger partial charge is 0.478 e. The molecule has 4 nitrogen and oxygen atoms in total. The first kappa shape index (κ1) is 28.4. The van der Waals surface area contributed by atoms with Gasteiger partial charge in [0.05, 0.1) is 0 Å². The number of rotatable bonds is 19. The van der Waals surface area contributed by atoms with Gasteiger partial charge in [-0.1, -0.05) is 103 Å². The number of hydrogen-bond acceptors (Lipinski definition) is 2. The standard InChI is InChI=1S/C26H46O4/c1-21(19-23(3)25(27)28)17-15-13-11-9-7-5-6-8-10-12-14-16-18-22(2)20-24(4)26(29)30/h19-22H,5-18H2,1-4H3,(H,27,28)(H,29,30). The highest BCUT2D eigenvalue weighted by molar-refractivity contribution is 5.86. The number of carbonyl (C=O) groups is 2. The number of carboxylic acid groups (broad SMARTS) is 2. The second-order valence-electron chi connectivity index (χ2n) is 9.08. The van der Waals surface area contributed by atoms with Gasteiger partial charge < -0.3 is 10.2 Å². The third-order valence-electron chi connectivity index (χ3n) is 5.81. The summed E-state index contributed by atoms with van der Waals surface area (Å²) in [7, 11) is 0. The second-order valence-corrected chi connectivity index (χ2v) is 9.08. The third-order valence-corrected chi connectivity index (χ3v) is 5.81. The fourth-order valence-corrected chi connectivity index (χ4v) is 3.86. The molecule has 0 bridgehead atoms. The molecule has 0 aliphatic rings. The normalized spacial score (nSPS) is 14.5. The lowest BCUT2D eigenvalue weighted by Gasteiger charge is -2.08. The molecule has 0 saturated carbocycles. The van der Waals surface area contributed by atoms with Crippen molar-refractivity contribution in [3.63, 3.8) is 0 Å². The maximum absolute atomic E-state index is 10.8. The van der Waals surface area contributed by atoms with Gasteiger partial charge in [0.15, 0.2) is 0 Å². The van der Waals surface area contributed by atoms with Crippen molar-refractivity contribution >= 4 is 11.9 Å². The third kappa shape index (κ3) is 17.3. The molecule has 174 valence electrons. The summed E-state index contributed by atoms with van der Waals surface area (Å²) < 4.78 is 0. The maximum atomic E-state index is 10.8. The number of carboxylic acids is 2. The van der Waals surface area contributed by atoms with Crippen LogP contribution in [-0.2, 0) is 9.59 Å². The zero-order valence-electron chi connectivity index (χ0n) is 19.9. The van der Waals surface area contributed by atoms with Gasteiger partial charge in [-0.25, -0.2) is 9.59 Å². The van der Waals surface area contributed by atoms with Crippen LogP contribution in [0.4, 0.5) is 0 Å². The second kappa shape index (κ2) is 18.2. The van der Waals surface area contributed by atoms with Crippen LogP contribution in [0.5, 0.6) is 0 Å². The van der Waals surface area contributed by atoms with E-state index in [9.17, 15) is 9.59 Å². The Balaban J connectivity index is 3.41. The number of allylic oxidation sites excluding steroid dienone is 2. The smallest absolute Gasteiger partial charge is 0.330 e. The fourth-order valence-electron chi connectivity index (χ4n) is 3.86. The predicted molar refractivity (Wildman–Crippen MR) is 126 cm³/mol. The monoisotopic (exact) mass is 422 g/mol. The highest BCUT2D eigenvalue weighted by Gasteiger charge is 2.05. The van der Waals surface area contributed by atoms with Crippen LogP contribution in [0.3, 0.4) is 0 Å². The highest BCUT2D eigenvalue weighted by Crippen LogP contribution is 2.17. The lowest BCUT2D eigenvalue weighted by Crippen LogP contribution is -2.00. The summed E-state index contributed by atoms with van der Waals surface area (Å²) in [6, 6.07) is 0. The first-order valence-corrected chi connectivity index (χ1v) is 12.1. The quantitative estimate of drug-likeness (QED) is 0.165. The molecule has 0 amide bonds. The lowest BCUT2D eigenvalue weighted by atomic mass is 9.98. The Labute approximate surface area is 184 Å². The SMILES string of the molecule is CC(=CC(C)CCCCCCCCCCCCCCC(C)C=C(C)C(=O)O)C(=O)O. The van der Waals surface area contributed by atoms with Gasteiger partial charge in [0.2, 0.25) is 0 Å². The van der Waals surface area contributed by atoms with E-state index in [1.165, 1.54) is 77.0 Å². The van der Waals surface area contributed by atoms with Crippen LogP contribution in [0.25, 0.3) is 0 Å². The first-order chi connectivity index (χ1) is 14.2. The Morgan fingerprint density at radius 2 is 0.800 bits per heavy atom. The van der Waals surface area contributed by atoms with E-state index in [-0.39, 0.29) is 0 Å². The van der Waals surface area contributed by atoms with Crippen molar-refractivity contribution < 1.29 is 19.8 Å². The molecular formula is C26H46O4. The van der Waals surface area contributed by atoms with Gasteiger partial charge in [-0.2, -0.15) is 0 Å². The molecule has 2 atom stereocenters. The minimum absolute atomic E-state index is 0.356. The molecule has 0 fully saturated rings. The van der Waals surface area contributed by atoms with Crippen LogP contribution in [-0.4, -0.2) is 22.2 Å². The summed E-state index contributed by atoms with van der Waals surface area (Å²) >= 11 is 0. The van der Waals surface area contributed by atoms with Crippen molar-refractivity contribution in [1.29, 1.82) is 0 Å². The molecule has 0 aromatic heterocycles. The van der Waals surface area contributed by atoms with Crippen molar-refractivity contribution in [2.24, 2.45) is 11.8 Å². The number of unbranched alkanes of at least 4 members (excludes halogenated alkanes) is 11. The average Bonchev–Trinajstić information content (AvgIpc) is 2.67. The van der Waals surface area contributed by atoms with Gasteiger partial charge in [0.1, 0.15) is 0 Å². The summed E-state index contributed by atoms with van der Waals surface area (Å²) in [5, 5.41) is 17.8. The van der Waals surface area contributed by atoms with Crippen LogP contribution in [0.15, 0.2) is 23.3 Å². The maximum Gasteiger partial charge on any atom is 0.330 e. The molecule has 2 unspecified atom stereocenters. The molecule has 0 saturated heterocycles. The van der Waals surface area contributed by atoms with E-state index >= 15 is 0 Å². The van der Waals surface area contributed by atoms with Crippen molar-refractivity contribution in [2.45, 2.75) is 118 Å². The van der Waals surface area contributed by atoms with Gasteiger partial charge in [-0.15, -0.1) is 0 Å². The average molecular weight is 423 g/mol. The zero-order valence-corrected chi connectivity index (χ0v) is 19.9. The summed E-state index contributed by atoms with van der Waals surface area (Å²) in [5.74, 6) is -0.905. The Hall–Kier alpha value is -1.58. The molecule has 0 heterocycles. The molecule has 0 aromatic rings. The first-order valence-electron chi connectivity index (χ1n) is 12.1. The van der Waals surface area contributed by atoms with E-state index in [4.69, 9.17) is 10.2 Å². The Morgan fingerprint density at radius 3 is 1.03 bits per heavy atom. The Kier molecular flexibility index (Phi) is 17.3. The molecule has 0 aliphatic carbocycles. The summed E-state index contributed by atoms with van der Waals surface area (Å²) in [6.45, 7) is 7.54. The minimum atomic E-state index is -0.808. The highest BCUT2D eigenvalue weighted by atomic mass is 16.4. The van der Waals surface area contributed by atoms with Crippen molar-refractivity contribution in [1.82, 2.24) is 0 Å². The molecule has 0 aromatic carbocycles. The number of aliphatic carboxylic acids is 2. The van der Waals surface area contributed by atoms with Crippen LogP contribution in [0.1, 0.15) is 118 Å². The number of hydrogen-bond donors (Lipinski definition) is 2. The van der Waals surface area contributed by atoms with E-state index in [0.717, 1.165) is 12.8 Å². The predicted octanol–water partition coefficient (Wildman–Crippen LogP) is 7.78. The Bertz CT molecular complexity index is 485. The van der Waals surface area contributed by atoms with E-state index in [2.05, 4.69) is 13.8 Å². The van der Waals surface area contributed by atoms with Gasteiger partial charge in [0.25, 0.3) is 0 Å². The molecule has 4 heteroatoms. The van der Waals surface area contributed by atoms with Crippen LogP contribution in [0, 0.1) is 11.8 Å². The van der Waals surface area contributed by atoms with Crippen molar-refractivity contribution in [3.8, 4) is 0 Å². The molecule has 0 rings (SSSR count). The van der Waals surface area contributed by atoms with E-state index in [0.29, 0.717) is 23.0 Å². The molecule has 0 aliphatic heterocycles. The molecular weight excluding hydrogens is 376 g/mol. The van der Waals surface area contributed by atoms with E-state index in [1.54, 1.807) is 13.8 Å². The van der Waals surface area contributed by atoms with Gasteiger partial charge in [-0.3, -0.25) is 0 Å². The van der Waals surface area contributed by atoms with Crippen molar-refractivity contribution in [2.75, 3.05) is 0 Å². The molecule has 30 heavy (non-hydrogen) atoms. The summed E-state index contributed by atoms with van der Waals surface area (Å²) in [5.41, 5.74) is 0.917.